The number of carbonyl (C=O) groups excluding carboxylic acids is 10. The molecule has 10 amide bonds. The molecule has 0 aromatic rings. The number of thioether (sulfide) groups is 1. The molecule has 0 bridgehead atoms. The third-order valence-electron chi connectivity index (χ3n) is 12.2. The summed E-state index contributed by atoms with van der Waals surface area (Å²) in [5.74, 6) is -7.56. The summed E-state index contributed by atoms with van der Waals surface area (Å²) in [6.07, 6.45) is 2.50. The van der Waals surface area contributed by atoms with Crippen LogP contribution in [0.15, 0.2) is 4.99 Å². The second-order valence-electron chi connectivity index (χ2n) is 18.7. The highest BCUT2D eigenvalue weighted by Crippen LogP contribution is 2.27. The van der Waals surface area contributed by atoms with E-state index in [1.54, 1.807) is 54.7 Å². The first-order chi connectivity index (χ1) is 33.2. The Bertz CT molecular complexity index is 1880. The maximum absolute atomic E-state index is 14.2. The SMILES string of the molecule is CCC[C@H](NC(=O)[C@@H](NC(=O)[C@H](NC(=O)[C@@H](NC(=O)CNC(=O)CN(C)C(C)=O)C(C)C)C(C)(C)SC)[C@@H](C)O)C(=O)N[C@H](C(=O)N[C@@H](CCCN=C(N)N)C(=O)N1CCC[C@H]1C(=O)NCC)[C@@H](C)CC. The Hall–Kier alpha value is -5.72. The molecule has 9 atom stereocenters. The monoisotopic (exact) mass is 1030 g/mol. The standard InChI is InChI=1S/C46H83N13O11S/c1-13-18-29(38(64)55-35(26(6)14-2)41(67)53-30(19-16-21-50-45(47)48)44(70)59-22-17-20-31(59)39(65)49-15-3)52-42(68)36(27(7)60)56-43(69)37(46(9,10)71-12)57-40(66)34(25(4)5)54-32(62)23-51-33(63)24-58(11)28(8)61/h25-27,29-31,34-37,60H,13-24H2,1-12H3,(H,49,65)(H,51,63)(H,52,68)(H,53,67)(H,54,62)(H,55,64)(H,56,69)(H,57,66)(H4,47,48,50)/t26-,27+,29-,30-,31-,34-,35-,36-,37-/m0/s1. The summed E-state index contributed by atoms with van der Waals surface area (Å²) in [7, 11) is 1.42. The molecule has 0 aromatic carbocycles. The first-order valence-corrected chi connectivity index (χ1v) is 25.6. The number of carbonyl (C=O) groups is 10. The van der Waals surface area contributed by atoms with E-state index < -0.39 is 119 Å². The van der Waals surface area contributed by atoms with Gasteiger partial charge in [-0.25, -0.2) is 0 Å². The van der Waals surface area contributed by atoms with E-state index in [4.69, 9.17) is 11.5 Å². The summed E-state index contributed by atoms with van der Waals surface area (Å²) in [4.78, 5) is 140. The number of rotatable bonds is 30. The van der Waals surface area contributed by atoms with Gasteiger partial charge in [0.2, 0.25) is 59.1 Å². The molecular formula is C46H83N13O11S. The number of amides is 10. The molecule has 0 aromatic heterocycles. The van der Waals surface area contributed by atoms with Crippen molar-refractivity contribution in [2.75, 3.05) is 46.0 Å². The van der Waals surface area contributed by atoms with E-state index in [2.05, 4.69) is 47.5 Å². The van der Waals surface area contributed by atoms with Crippen molar-refractivity contribution >= 4 is 76.8 Å². The van der Waals surface area contributed by atoms with Crippen molar-refractivity contribution in [2.24, 2.45) is 28.3 Å². The molecule has 0 radical (unpaired) electrons. The van der Waals surface area contributed by atoms with Gasteiger partial charge < -0.3 is 68.9 Å². The zero-order valence-corrected chi connectivity index (χ0v) is 44.5. The molecule has 1 heterocycles. The van der Waals surface area contributed by atoms with Crippen molar-refractivity contribution in [3.63, 3.8) is 0 Å². The normalized spacial score (nSPS) is 16.8. The molecule has 404 valence electrons. The number of likely N-dealkylation sites (tertiary alicyclic amines) is 1. The van der Waals surface area contributed by atoms with Crippen molar-refractivity contribution in [2.45, 2.75) is 167 Å². The first-order valence-electron chi connectivity index (χ1n) is 24.3. The Kier molecular flexibility index (Phi) is 27.5. The Labute approximate surface area is 422 Å². The summed E-state index contributed by atoms with van der Waals surface area (Å²) in [5, 5.41) is 32.0. The number of nitrogens with one attached hydrogen (secondary N) is 8. The van der Waals surface area contributed by atoms with E-state index in [1.165, 1.54) is 37.6 Å². The van der Waals surface area contributed by atoms with Gasteiger partial charge in [0.05, 0.1) is 19.2 Å². The second-order valence-corrected chi connectivity index (χ2v) is 20.2. The van der Waals surface area contributed by atoms with Crippen LogP contribution in [0.25, 0.3) is 0 Å². The minimum atomic E-state index is -1.65. The van der Waals surface area contributed by atoms with E-state index in [9.17, 15) is 53.1 Å². The second kappa shape index (κ2) is 30.9. The van der Waals surface area contributed by atoms with Crippen molar-refractivity contribution in [1.82, 2.24) is 52.3 Å². The summed E-state index contributed by atoms with van der Waals surface area (Å²) in [6.45, 7) is 16.3. The zero-order valence-electron chi connectivity index (χ0n) is 43.7. The van der Waals surface area contributed by atoms with Crippen LogP contribution in [0.1, 0.15) is 114 Å². The van der Waals surface area contributed by atoms with Crippen LogP contribution < -0.4 is 54.0 Å². The lowest BCUT2D eigenvalue weighted by atomic mass is 9.96. The molecule has 24 nitrogen and oxygen atoms in total. The number of likely N-dealkylation sites (N-methyl/N-ethyl adjacent to an activating group) is 2. The number of hydrogen-bond donors (Lipinski definition) is 11. The fraction of sp³-hybridized carbons (Fsp3) is 0.761. The number of aliphatic imine (C=N–C) groups is 1. The molecule has 1 rings (SSSR count). The topological polar surface area (TPSA) is 358 Å². The van der Waals surface area contributed by atoms with Crippen molar-refractivity contribution < 1.29 is 53.1 Å². The molecule has 0 saturated carbocycles. The Morgan fingerprint density at radius 3 is 1.90 bits per heavy atom. The highest BCUT2D eigenvalue weighted by atomic mass is 32.2. The lowest BCUT2D eigenvalue weighted by Gasteiger charge is -2.35. The quantitative estimate of drug-likeness (QED) is 0.0205. The van der Waals surface area contributed by atoms with Gasteiger partial charge in [0, 0.05) is 38.4 Å². The fourth-order valence-corrected chi connectivity index (χ4v) is 7.86. The Morgan fingerprint density at radius 1 is 0.775 bits per heavy atom. The van der Waals surface area contributed by atoms with Crippen LogP contribution in [0.4, 0.5) is 0 Å². The lowest BCUT2D eigenvalue weighted by Crippen LogP contribution is -2.65. The van der Waals surface area contributed by atoms with E-state index >= 15 is 0 Å². The predicted molar refractivity (Wildman–Crippen MR) is 270 cm³/mol. The maximum Gasteiger partial charge on any atom is 0.245 e. The average molecular weight is 1030 g/mol. The van der Waals surface area contributed by atoms with Gasteiger partial charge in [-0.3, -0.25) is 52.9 Å². The van der Waals surface area contributed by atoms with Crippen LogP contribution in [0.3, 0.4) is 0 Å². The van der Waals surface area contributed by atoms with Gasteiger partial charge in [0.15, 0.2) is 5.96 Å². The van der Waals surface area contributed by atoms with Crippen LogP contribution in [0.5, 0.6) is 0 Å². The molecule has 1 saturated heterocycles. The Morgan fingerprint density at radius 2 is 1.37 bits per heavy atom. The highest BCUT2D eigenvalue weighted by molar-refractivity contribution is 8.00. The summed E-state index contributed by atoms with van der Waals surface area (Å²) in [6, 6.07) is -8.48. The number of guanidine groups is 1. The molecule has 1 fully saturated rings. The van der Waals surface area contributed by atoms with E-state index in [-0.39, 0.29) is 43.7 Å². The predicted octanol–water partition coefficient (Wildman–Crippen LogP) is -2.31. The smallest absolute Gasteiger partial charge is 0.245 e. The van der Waals surface area contributed by atoms with Crippen molar-refractivity contribution in [3.8, 4) is 0 Å². The van der Waals surface area contributed by atoms with Gasteiger partial charge in [0.1, 0.15) is 42.3 Å². The molecule has 0 spiro atoms. The highest BCUT2D eigenvalue weighted by Gasteiger charge is 2.42. The molecule has 0 aliphatic carbocycles. The minimum absolute atomic E-state index is 0.0780. The summed E-state index contributed by atoms with van der Waals surface area (Å²) >= 11 is 1.22. The number of aliphatic hydroxyl groups excluding tert-OH is 1. The fourth-order valence-electron chi connectivity index (χ4n) is 7.46. The zero-order chi connectivity index (χ0) is 54.3. The number of nitrogens with zero attached hydrogens (tertiary/aromatic N) is 3. The number of hydrogen-bond acceptors (Lipinski definition) is 13. The van der Waals surface area contributed by atoms with Crippen LogP contribution in [0, 0.1) is 11.8 Å². The van der Waals surface area contributed by atoms with Gasteiger partial charge >= 0.3 is 0 Å². The minimum Gasteiger partial charge on any atom is -0.391 e. The molecule has 1 aliphatic heterocycles. The largest absolute Gasteiger partial charge is 0.391 e. The third-order valence-corrected chi connectivity index (χ3v) is 13.5. The molecule has 1 aliphatic rings. The van der Waals surface area contributed by atoms with Gasteiger partial charge in [-0.15, -0.1) is 0 Å². The van der Waals surface area contributed by atoms with Crippen molar-refractivity contribution in [3.05, 3.63) is 0 Å². The molecular weight excluding hydrogens is 943 g/mol. The summed E-state index contributed by atoms with van der Waals surface area (Å²) < 4.78 is -1.03. The third kappa shape index (κ3) is 20.9. The van der Waals surface area contributed by atoms with Crippen LogP contribution in [-0.2, 0) is 47.9 Å². The molecule has 25 heteroatoms. The number of nitrogens with two attached hydrogens (primary N) is 2. The summed E-state index contributed by atoms with van der Waals surface area (Å²) in [5.41, 5.74) is 11.0. The average Bonchev–Trinajstić information content (AvgIpc) is 3.80. The van der Waals surface area contributed by atoms with Gasteiger partial charge in [-0.05, 0) is 77.9 Å². The molecule has 0 unspecified atom stereocenters. The molecule has 13 N–H and O–H groups in total. The van der Waals surface area contributed by atoms with Crippen LogP contribution >= 0.6 is 11.8 Å². The Balaban J connectivity index is 3.36. The number of aliphatic hydroxyl groups is 1. The van der Waals surface area contributed by atoms with E-state index in [0.29, 0.717) is 45.2 Å². The maximum atomic E-state index is 14.2. The van der Waals surface area contributed by atoms with Gasteiger partial charge in [0.25, 0.3) is 0 Å². The van der Waals surface area contributed by atoms with Gasteiger partial charge in [-0.1, -0.05) is 47.5 Å². The van der Waals surface area contributed by atoms with Crippen LogP contribution in [0.2, 0.25) is 0 Å². The van der Waals surface area contributed by atoms with E-state index in [1.807, 2.05) is 6.92 Å². The lowest BCUT2D eigenvalue weighted by molar-refractivity contribution is -0.142. The molecule has 71 heavy (non-hydrogen) atoms. The van der Waals surface area contributed by atoms with Gasteiger partial charge in [-0.2, -0.15) is 11.8 Å². The van der Waals surface area contributed by atoms with Crippen LogP contribution in [-0.4, -0.2) is 179 Å². The first kappa shape index (κ1) is 63.3. The van der Waals surface area contributed by atoms with E-state index in [0.717, 1.165) is 4.90 Å². The van der Waals surface area contributed by atoms with Crippen molar-refractivity contribution in [1.29, 1.82) is 0 Å².